The number of ether oxygens (including phenoxy) is 1. The molecule has 1 rings (SSSR count). The summed E-state index contributed by atoms with van der Waals surface area (Å²) in [7, 11) is 1.66. The van der Waals surface area contributed by atoms with E-state index < -0.39 is 5.60 Å². The van der Waals surface area contributed by atoms with Crippen molar-refractivity contribution in [1.29, 1.82) is 0 Å². The molecule has 2 nitrogen and oxygen atoms in total. The smallest absolute Gasteiger partial charge is 0.0880 e. The normalized spacial score (nSPS) is 32.6. The van der Waals surface area contributed by atoms with Gasteiger partial charge >= 0.3 is 0 Å². The maximum absolute atomic E-state index is 10.2. The van der Waals surface area contributed by atoms with Crippen molar-refractivity contribution in [2.45, 2.75) is 51.6 Å². The molecule has 1 fully saturated rings. The molecule has 0 radical (unpaired) electrons. The van der Waals surface area contributed by atoms with Crippen molar-refractivity contribution in [3.05, 3.63) is 0 Å². The lowest BCUT2D eigenvalue weighted by atomic mass is 9.73. The molecule has 0 aromatic carbocycles. The van der Waals surface area contributed by atoms with Crippen LogP contribution in [0.1, 0.15) is 46.0 Å². The minimum absolute atomic E-state index is 0.432. The van der Waals surface area contributed by atoms with Crippen LogP contribution in [-0.2, 0) is 4.74 Å². The van der Waals surface area contributed by atoms with Gasteiger partial charge in [-0.3, -0.25) is 0 Å². The van der Waals surface area contributed by atoms with Gasteiger partial charge in [-0.15, -0.1) is 0 Å². The Kier molecular flexibility index (Phi) is 4.39. The lowest BCUT2D eigenvalue weighted by Gasteiger charge is -2.38. The molecular weight excluding hydrogens is 176 g/mol. The van der Waals surface area contributed by atoms with Crippen molar-refractivity contribution >= 4 is 0 Å². The summed E-state index contributed by atoms with van der Waals surface area (Å²) < 4.78 is 5.08. The molecule has 0 amide bonds. The van der Waals surface area contributed by atoms with Crippen LogP contribution in [0.4, 0.5) is 0 Å². The van der Waals surface area contributed by atoms with Gasteiger partial charge in [-0.1, -0.05) is 26.2 Å². The predicted octanol–water partition coefficient (Wildman–Crippen LogP) is 2.60. The highest BCUT2D eigenvalue weighted by molar-refractivity contribution is 4.86. The fourth-order valence-electron chi connectivity index (χ4n) is 2.64. The fourth-order valence-corrected chi connectivity index (χ4v) is 2.64. The predicted molar refractivity (Wildman–Crippen MR) is 58.2 cm³/mol. The van der Waals surface area contributed by atoms with Gasteiger partial charge in [0.2, 0.25) is 0 Å². The van der Waals surface area contributed by atoms with Crippen LogP contribution in [0.2, 0.25) is 0 Å². The second-order valence-electron chi connectivity index (χ2n) is 4.93. The van der Waals surface area contributed by atoms with Crippen molar-refractivity contribution in [3.8, 4) is 0 Å². The average Bonchev–Trinajstić information content (AvgIpc) is 2.18. The van der Waals surface area contributed by atoms with Crippen molar-refractivity contribution in [2.75, 3.05) is 13.7 Å². The second-order valence-corrected chi connectivity index (χ2v) is 4.93. The monoisotopic (exact) mass is 200 g/mol. The lowest BCUT2D eigenvalue weighted by molar-refractivity contribution is -0.0757. The van der Waals surface area contributed by atoms with Gasteiger partial charge in [0.1, 0.15) is 0 Å². The molecule has 0 aromatic rings. The maximum Gasteiger partial charge on any atom is 0.0880 e. The van der Waals surface area contributed by atoms with Gasteiger partial charge in [-0.05, 0) is 31.6 Å². The summed E-state index contributed by atoms with van der Waals surface area (Å²) >= 11 is 0. The first kappa shape index (κ1) is 12.0. The van der Waals surface area contributed by atoms with Gasteiger partial charge in [0.15, 0.2) is 0 Å². The first-order valence-electron chi connectivity index (χ1n) is 5.81. The largest absolute Gasteiger partial charge is 0.387 e. The Bertz CT molecular complexity index is 166. The van der Waals surface area contributed by atoms with E-state index in [1.165, 1.54) is 25.7 Å². The van der Waals surface area contributed by atoms with Gasteiger partial charge in [0.05, 0.1) is 12.2 Å². The van der Waals surface area contributed by atoms with E-state index in [2.05, 4.69) is 6.92 Å². The Morgan fingerprint density at radius 1 is 1.43 bits per heavy atom. The standard InChI is InChI=1S/C12H24O2/c1-4-10-6-5-7-11(8-10)12(2,13)9-14-3/h10-11,13H,4-9H2,1-3H3. The molecular formula is C12H24O2. The summed E-state index contributed by atoms with van der Waals surface area (Å²) in [5.74, 6) is 1.25. The quantitative estimate of drug-likeness (QED) is 0.756. The van der Waals surface area contributed by atoms with Crippen LogP contribution in [0.3, 0.4) is 0 Å². The number of aliphatic hydroxyl groups is 1. The third kappa shape index (κ3) is 2.96. The Balaban J connectivity index is 2.49. The van der Waals surface area contributed by atoms with E-state index in [9.17, 15) is 5.11 Å². The molecule has 0 heterocycles. The van der Waals surface area contributed by atoms with Crippen molar-refractivity contribution in [2.24, 2.45) is 11.8 Å². The van der Waals surface area contributed by atoms with E-state index in [-0.39, 0.29) is 0 Å². The average molecular weight is 200 g/mol. The first-order chi connectivity index (χ1) is 6.60. The number of hydrogen-bond donors (Lipinski definition) is 1. The lowest BCUT2D eigenvalue weighted by Crippen LogP contribution is -2.41. The third-order valence-electron chi connectivity index (χ3n) is 3.68. The van der Waals surface area contributed by atoms with Gasteiger partial charge in [0.25, 0.3) is 0 Å². The van der Waals surface area contributed by atoms with Gasteiger partial charge in [-0.2, -0.15) is 0 Å². The van der Waals surface area contributed by atoms with Crippen molar-refractivity contribution in [1.82, 2.24) is 0 Å². The van der Waals surface area contributed by atoms with Crippen LogP contribution in [0.25, 0.3) is 0 Å². The number of methoxy groups -OCH3 is 1. The Morgan fingerprint density at radius 2 is 2.14 bits per heavy atom. The highest BCUT2D eigenvalue weighted by atomic mass is 16.5. The van der Waals surface area contributed by atoms with E-state index in [1.807, 2.05) is 6.92 Å². The molecule has 1 aliphatic rings. The van der Waals surface area contributed by atoms with Crippen LogP contribution in [0, 0.1) is 11.8 Å². The maximum atomic E-state index is 10.2. The minimum Gasteiger partial charge on any atom is -0.387 e. The van der Waals surface area contributed by atoms with E-state index >= 15 is 0 Å². The van der Waals surface area contributed by atoms with E-state index in [0.717, 1.165) is 12.3 Å². The van der Waals surface area contributed by atoms with Gasteiger partial charge in [0, 0.05) is 7.11 Å². The molecule has 0 aromatic heterocycles. The highest BCUT2D eigenvalue weighted by Gasteiger charge is 2.35. The zero-order chi connectivity index (χ0) is 10.6. The van der Waals surface area contributed by atoms with Gasteiger partial charge < -0.3 is 9.84 Å². The Morgan fingerprint density at radius 3 is 2.71 bits per heavy atom. The SMILES string of the molecule is CCC1CCCC(C(C)(O)COC)C1. The molecule has 0 saturated heterocycles. The van der Waals surface area contributed by atoms with Crippen molar-refractivity contribution in [3.63, 3.8) is 0 Å². The topological polar surface area (TPSA) is 29.5 Å². The van der Waals surface area contributed by atoms with Crippen LogP contribution in [0.15, 0.2) is 0 Å². The zero-order valence-electron chi connectivity index (χ0n) is 9.75. The van der Waals surface area contributed by atoms with Crippen molar-refractivity contribution < 1.29 is 9.84 Å². The van der Waals surface area contributed by atoms with E-state index in [1.54, 1.807) is 7.11 Å². The van der Waals surface area contributed by atoms with E-state index in [4.69, 9.17) is 4.74 Å². The molecule has 2 heteroatoms. The summed E-state index contributed by atoms with van der Waals surface area (Å²) in [5, 5.41) is 10.2. The minimum atomic E-state index is -0.622. The second kappa shape index (κ2) is 5.13. The van der Waals surface area contributed by atoms with Crippen LogP contribution in [0.5, 0.6) is 0 Å². The fraction of sp³-hybridized carbons (Fsp3) is 1.00. The summed E-state index contributed by atoms with van der Waals surface area (Å²) in [6, 6.07) is 0. The van der Waals surface area contributed by atoms with Gasteiger partial charge in [-0.25, -0.2) is 0 Å². The molecule has 0 spiro atoms. The molecule has 1 saturated carbocycles. The Hall–Kier alpha value is -0.0800. The molecule has 0 aliphatic heterocycles. The molecule has 3 unspecified atom stereocenters. The summed E-state index contributed by atoms with van der Waals surface area (Å²) in [5.41, 5.74) is -0.622. The van der Waals surface area contributed by atoms with Crippen LogP contribution < -0.4 is 0 Å². The highest BCUT2D eigenvalue weighted by Crippen LogP contribution is 2.37. The molecule has 1 aliphatic carbocycles. The third-order valence-corrected chi connectivity index (χ3v) is 3.68. The molecule has 3 atom stereocenters. The molecule has 84 valence electrons. The van der Waals surface area contributed by atoms with Crippen LogP contribution >= 0.6 is 0 Å². The number of hydrogen-bond acceptors (Lipinski definition) is 2. The molecule has 14 heavy (non-hydrogen) atoms. The zero-order valence-corrected chi connectivity index (χ0v) is 9.75. The first-order valence-corrected chi connectivity index (χ1v) is 5.81. The molecule has 1 N–H and O–H groups in total. The number of rotatable bonds is 4. The summed E-state index contributed by atoms with van der Waals surface area (Å²) in [6.07, 6.45) is 6.19. The summed E-state index contributed by atoms with van der Waals surface area (Å²) in [4.78, 5) is 0. The van der Waals surface area contributed by atoms with E-state index in [0.29, 0.717) is 12.5 Å². The Labute approximate surface area is 87.7 Å². The van der Waals surface area contributed by atoms with Crippen LogP contribution in [-0.4, -0.2) is 24.4 Å². The molecule has 0 bridgehead atoms. The summed E-state index contributed by atoms with van der Waals surface area (Å²) in [6.45, 7) is 4.63.